The predicted molar refractivity (Wildman–Crippen MR) is 61.3 cm³/mol. The molecule has 0 aromatic carbocycles. The third-order valence-electron chi connectivity index (χ3n) is 4.57. The van der Waals surface area contributed by atoms with E-state index in [-0.39, 0.29) is 0 Å². The molecule has 1 aliphatic carbocycles. The van der Waals surface area contributed by atoms with E-state index in [0.29, 0.717) is 0 Å². The minimum absolute atomic E-state index is 0.963. The van der Waals surface area contributed by atoms with E-state index in [1.54, 1.807) is 0 Å². The fraction of sp³-hybridized carbons (Fsp3) is 1.00. The molecule has 1 saturated heterocycles. The van der Waals surface area contributed by atoms with E-state index in [1.165, 1.54) is 38.8 Å². The van der Waals surface area contributed by atoms with Crippen molar-refractivity contribution in [2.75, 3.05) is 20.1 Å². The summed E-state index contributed by atoms with van der Waals surface area (Å²) in [6.07, 6.45) is 5.83. The smallest absolute Gasteiger partial charge is 0.00189 e. The van der Waals surface area contributed by atoms with Gasteiger partial charge < -0.3 is 4.90 Å². The van der Waals surface area contributed by atoms with Crippen molar-refractivity contribution >= 4 is 0 Å². The van der Waals surface area contributed by atoms with Crippen LogP contribution in [0.5, 0.6) is 0 Å². The molecule has 0 radical (unpaired) electrons. The van der Waals surface area contributed by atoms with Crippen LogP contribution in [0.3, 0.4) is 0 Å². The Morgan fingerprint density at radius 2 is 1.79 bits per heavy atom. The van der Waals surface area contributed by atoms with Crippen LogP contribution in [0.4, 0.5) is 0 Å². The molecule has 2 aliphatic rings. The van der Waals surface area contributed by atoms with Crippen LogP contribution in [0.2, 0.25) is 0 Å². The minimum Gasteiger partial charge on any atom is -0.306 e. The molecule has 0 spiro atoms. The summed E-state index contributed by atoms with van der Waals surface area (Å²) < 4.78 is 0. The maximum Gasteiger partial charge on any atom is -0.00189 e. The zero-order valence-corrected chi connectivity index (χ0v) is 10.00. The van der Waals surface area contributed by atoms with Crippen LogP contribution >= 0.6 is 0 Å². The van der Waals surface area contributed by atoms with Crippen LogP contribution in [0.15, 0.2) is 0 Å². The van der Waals surface area contributed by atoms with Gasteiger partial charge in [0.05, 0.1) is 0 Å². The van der Waals surface area contributed by atoms with E-state index >= 15 is 0 Å². The third-order valence-corrected chi connectivity index (χ3v) is 4.57. The summed E-state index contributed by atoms with van der Waals surface area (Å²) in [5.41, 5.74) is 0. The van der Waals surface area contributed by atoms with Crippen molar-refractivity contribution < 1.29 is 0 Å². The Morgan fingerprint density at radius 1 is 1.21 bits per heavy atom. The number of hydrogen-bond donors (Lipinski definition) is 0. The van der Waals surface area contributed by atoms with Crippen molar-refractivity contribution in [1.29, 1.82) is 0 Å². The van der Waals surface area contributed by atoms with Gasteiger partial charge in [-0.25, -0.2) is 0 Å². The Kier molecular flexibility index (Phi) is 3.16. The van der Waals surface area contributed by atoms with Gasteiger partial charge in [0.25, 0.3) is 0 Å². The van der Waals surface area contributed by atoms with Gasteiger partial charge >= 0.3 is 0 Å². The average molecular weight is 195 g/mol. The standard InChI is InChI=1S/C13H25N/c1-4-10(2)9-13-11-5-7-14(3)8-6-12(11)13/h10-13H,4-9H2,1-3H3. The molecular formula is C13H25N. The van der Waals surface area contributed by atoms with Crippen LogP contribution in [0.1, 0.15) is 39.5 Å². The summed E-state index contributed by atoms with van der Waals surface area (Å²) in [4.78, 5) is 2.51. The second kappa shape index (κ2) is 4.22. The van der Waals surface area contributed by atoms with E-state index in [4.69, 9.17) is 0 Å². The molecule has 0 aromatic heterocycles. The van der Waals surface area contributed by atoms with Crippen molar-refractivity contribution in [2.24, 2.45) is 23.7 Å². The molecule has 2 rings (SSSR count). The molecule has 1 heteroatoms. The lowest BCUT2D eigenvalue weighted by atomic mass is 9.99. The van der Waals surface area contributed by atoms with Crippen molar-refractivity contribution in [3.05, 3.63) is 0 Å². The molecule has 0 bridgehead atoms. The Morgan fingerprint density at radius 3 is 2.29 bits per heavy atom. The number of likely N-dealkylation sites (tertiary alicyclic amines) is 1. The number of nitrogens with zero attached hydrogens (tertiary/aromatic N) is 1. The van der Waals surface area contributed by atoms with E-state index in [0.717, 1.165) is 23.7 Å². The van der Waals surface area contributed by atoms with Gasteiger partial charge in [0.1, 0.15) is 0 Å². The van der Waals surface area contributed by atoms with Gasteiger partial charge in [-0.15, -0.1) is 0 Å². The average Bonchev–Trinajstić information content (AvgIpc) is 2.86. The number of fused-ring (bicyclic) bond motifs is 1. The molecule has 3 atom stereocenters. The summed E-state index contributed by atoms with van der Waals surface area (Å²) in [6, 6.07) is 0. The summed E-state index contributed by atoms with van der Waals surface area (Å²) in [5, 5.41) is 0. The molecule has 1 saturated carbocycles. The van der Waals surface area contributed by atoms with Crippen LogP contribution in [-0.2, 0) is 0 Å². The van der Waals surface area contributed by atoms with Crippen molar-refractivity contribution in [2.45, 2.75) is 39.5 Å². The second-order valence-corrected chi connectivity index (χ2v) is 5.62. The molecule has 0 amide bonds. The lowest BCUT2D eigenvalue weighted by molar-refractivity contribution is 0.317. The molecule has 3 unspecified atom stereocenters. The summed E-state index contributed by atoms with van der Waals surface area (Å²) in [6.45, 7) is 7.44. The first-order valence-corrected chi connectivity index (χ1v) is 6.41. The van der Waals surface area contributed by atoms with Crippen molar-refractivity contribution in [3.8, 4) is 0 Å². The maximum absolute atomic E-state index is 2.51. The molecule has 1 aliphatic heterocycles. The third kappa shape index (κ3) is 2.13. The summed E-state index contributed by atoms with van der Waals surface area (Å²) in [5.74, 6) is 4.28. The number of rotatable bonds is 3. The highest BCUT2D eigenvalue weighted by atomic mass is 15.1. The molecule has 0 N–H and O–H groups in total. The fourth-order valence-electron chi connectivity index (χ4n) is 3.21. The zero-order chi connectivity index (χ0) is 10.1. The van der Waals surface area contributed by atoms with Crippen LogP contribution in [-0.4, -0.2) is 25.0 Å². The first-order chi connectivity index (χ1) is 6.72. The van der Waals surface area contributed by atoms with Crippen LogP contribution in [0.25, 0.3) is 0 Å². The molecular weight excluding hydrogens is 170 g/mol. The summed E-state index contributed by atoms with van der Waals surface area (Å²) >= 11 is 0. The van der Waals surface area contributed by atoms with Crippen molar-refractivity contribution in [3.63, 3.8) is 0 Å². The molecule has 2 fully saturated rings. The van der Waals surface area contributed by atoms with Gasteiger partial charge in [-0.05, 0) is 63.1 Å². The van der Waals surface area contributed by atoms with E-state index in [1.807, 2.05) is 0 Å². The highest BCUT2D eigenvalue weighted by Crippen LogP contribution is 2.55. The molecule has 0 aromatic rings. The molecule has 1 nitrogen and oxygen atoms in total. The number of hydrogen-bond acceptors (Lipinski definition) is 1. The minimum atomic E-state index is 0.963. The molecule has 14 heavy (non-hydrogen) atoms. The quantitative estimate of drug-likeness (QED) is 0.669. The maximum atomic E-state index is 2.51. The predicted octanol–water partition coefficient (Wildman–Crippen LogP) is 3.01. The summed E-state index contributed by atoms with van der Waals surface area (Å²) in [7, 11) is 2.27. The van der Waals surface area contributed by atoms with Crippen molar-refractivity contribution in [1.82, 2.24) is 4.90 Å². The monoisotopic (exact) mass is 195 g/mol. The van der Waals surface area contributed by atoms with E-state index in [2.05, 4.69) is 25.8 Å². The molecule has 1 heterocycles. The van der Waals surface area contributed by atoms with Gasteiger partial charge in [-0.3, -0.25) is 0 Å². The Bertz CT molecular complexity index is 176. The fourth-order valence-corrected chi connectivity index (χ4v) is 3.21. The largest absolute Gasteiger partial charge is 0.306 e. The second-order valence-electron chi connectivity index (χ2n) is 5.62. The first kappa shape index (κ1) is 10.5. The van der Waals surface area contributed by atoms with Gasteiger partial charge in [0.2, 0.25) is 0 Å². The van der Waals surface area contributed by atoms with Gasteiger partial charge in [-0.1, -0.05) is 20.3 Å². The zero-order valence-electron chi connectivity index (χ0n) is 10.00. The Balaban J connectivity index is 1.78. The lowest BCUT2D eigenvalue weighted by Gasteiger charge is -2.15. The van der Waals surface area contributed by atoms with Gasteiger partial charge in [-0.2, -0.15) is 0 Å². The Labute approximate surface area is 88.9 Å². The van der Waals surface area contributed by atoms with Crippen LogP contribution < -0.4 is 0 Å². The lowest BCUT2D eigenvalue weighted by Crippen LogP contribution is -2.20. The van der Waals surface area contributed by atoms with Gasteiger partial charge in [0.15, 0.2) is 0 Å². The SMILES string of the molecule is CCC(C)CC1C2CCN(C)CCC21. The van der Waals surface area contributed by atoms with E-state index < -0.39 is 0 Å². The highest BCUT2D eigenvalue weighted by Gasteiger charge is 2.49. The Hall–Kier alpha value is -0.0400. The molecule has 82 valence electrons. The highest BCUT2D eigenvalue weighted by molar-refractivity contribution is 4.99. The topological polar surface area (TPSA) is 3.24 Å². The van der Waals surface area contributed by atoms with E-state index in [9.17, 15) is 0 Å². The van der Waals surface area contributed by atoms with Gasteiger partial charge in [0, 0.05) is 0 Å². The van der Waals surface area contributed by atoms with Crippen LogP contribution in [0, 0.1) is 23.7 Å². The first-order valence-electron chi connectivity index (χ1n) is 6.41. The normalized spacial score (nSPS) is 40.1.